The minimum Gasteiger partial charge on any atom is -0.353 e. The number of anilines is 1. The van der Waals surface area contributed by atoms with E-state index in [1.54, 1.807) is 11.0 Å². The van der Waals surface area contributed by atoms with E-state index in [0.717, 1.165) is 65.7 Å². The van der Waals surface area contributed by atoms with Crippen molar-refractivity contribution in [2.45, 2.75) is 20.1 Å². The van der Waals surface area contributed by atoms with E-state index in [-0.39, 0.29) is 0 Å². The summed E-state index contributed by atoms with van der Waals surface area (Å²) in [7, 11) is 1.90. The number of piperazine rings is 1. The van der Waals surface area contributed by atoms with Gasteiger partial charge in [0.25, 0.3) is 0 Å². The molecule has 0 atom stereocenters. The van der Waals surface area contributed by atoms with Gasteiger partial charge in [-0.1, -0.05) is 11.6 Å². The maximum absolute atomic E-state index is 6.05. The zero-order chi connectivity index (χ0) is 22.2. The van der Waals surface area contributed by atoms with Crippen LogP contribution in [0.2, 0.25) is 5.02 Å². The van der Waals surface area contributed by atoms with Gasteiger partial charge in [-0.15, -0.1) is 0 Å². The van der Waals surface area contributed by atoms with Gasteiger partial charge in [-0.25, -0.2) is 14.6 Å². The highest BCUT2D eigenvalue weighted by Gasteiger charge is 2.22. The van der Waals surface area contributed by atoms with Crippen LogP contribution in [-0.4, -0.2) is 65.2 Å². The van der Waals surface area contributed by atoms with Gasteiger partial charge in [0.05, 0.1) is 18.3 Å². The minimum atomic E-state index is 0.659. The van der Waals surface area contributed by atoms with Crippen molar-refractivity contribution in [3.8, 4) is 11.4 Å². The van der Waals surface area contributed by atoms with Crippen molar-refractivity contribution in [1.29, 1.82) is 0 Å². The van der Waals surface area contributed by atoms with Crippen molar-refractivity contribution in [2.75, 3.05) is 31.1 Å². The lowest BCUT2D eigenvalue weighted by atomic mass is 10.2. The van der Waals surface area contributed by atoms with Gasteiger partial charge in [-0.05, 0) is 43.4 Å². The molecule has 32 heavy (non-hydrogen) atoms. The molecule has 0 spiro atoms. The van der Waals surface area contributed by atoms with Crippen LogP contribution in [0.5, 0.6) is 0 Å². The molecule has 1 saturated heterocycles. The van der Waals surface area contributed by atoms with Crippen LogP contribution in [0.1, 0.15) is 6.92 Å². The lowest BCUT2D eigenvalue weighted by Gasteiger charge is -2.35. The van der Waals surface area contributed by atoms with Crippen molar-refractivity contribution in [3.05, 3.63) is 46.6 Å². The Morgan fingerprint density at radius 1 is 1.06 bits per heavy atom. The number of rotatable bonds is 5. The van der Waals surface area contributed by atoms with E-state index in [1.807, 2.05) is 42.2 Å². The molecule has 0 unspecified atom stereocenters. The molecule has 0 saturated carbocycles. The third-order valence-corrected chi connectivity index (χ3v) is 6.54. The summed E-state index contributed by atoms with van der Waals surface area (Å²) in [6, 6.07) is 7.72. The van der Waals surface area contributed by atoms with Crippen molar-refractivity contribution >= 4 is 40.7 Å². The standard InChI is InChI=1S/C21H24ClN9S/c1-3-30-18(15-4-6-16(22)7-5-15)26-31(21(30)32)14-28-8-10-29(11-9-28)20-17-12-25-27(2)19(17)23-13-24-20/h4-7,12-13H,3,8-11,14H2,1-2H3. The quantitative estimate of drug-likeness (QED) is 0.415. The number of nitrogens with zero attached hydrogens (tertiary/aromatic N) is 9. The first-order valence-corrected chi connectivity index (χ1v) is 11.4. The van der Waals surface area contributed by atoms with Gasteiger partial charge < -0.3 is 9.47 Å². The summed E-state index contributed by atoms with van der Waals surface area (Å²) >= 11 is 11.8. The van der Waals surface area contributed by atoms with Gasteiger partial charge in [-0.3, -0.25) is 9.58 Å². The molecule has 1 fully saturated rings. The van der Waals surface area contributed by atoms with Gasteiger partial charge in [0, 0.05) is 50.4 Å². The molecule has 0 aliphatic carbocycles. The summed E-state index contributed by atoms with van der Waals surface area (Å²) in [5.74, 6) is 1.81. The smallest absolute Gasteiger partial charge is 0.199 e. The van der Waals surface area contributed by atoms with Crippen LogP contribution in [-0.2, 0) is 20.3 Å². The van der Waals surface area contributed by atoms with Crippen LogP contribution in [0.4, 0.5) is 5.82 Å². The van der Waals surface area contributed by atoms with Crippen LogP contribution in [0.25, 0.3) is 22.4 Å². The first kappa shape index (κ1) is 21.0. The molecule has 4 aromatic rings. The molecular weight excluding hydrogens is 446 g/mol. The first-order valence-electron chi connectivity index (χ1n) is 10.6. The second-order valence-electron chi connectivity index (χ2n) is 7.81. The largest absolute Gasteiger partial charge is 0.353 e. The molecule has 9 nitrogen and oxygen atoms in total. The average molecular weight is 470 g/mol. The second kappa shape index (κ2) is 8.61. The Kier molecular flexibility index (Phi) is 5.66. The Morgan fingerprint density at radius 3 is 2.53 bits per heavy atom. The highest BCUT2D eigenvalue weighted by Crippen LogP contribution is 2.24. The van der Waals surface area contributed by atoms with Crippen LogP contribution in [0.3, 0.4) is 0 Å². The topological polar surface area (TPSA) is 72.8 Å². The Labute approximate surface area is 195 Å². The van der Waals surface area contributed by atoms with E-state index in [4.69, 9.17) is 28.9 Å². The fraction of sp³-hybridized carbons (Fsp3) is 0.381. The minimum absolute atomic E-state index is 0.659. The predicted molar refractivity (Wildman–Crippen MR) is 127 cm³/mol. The fourth-order valence-corrected chi connectivity index (χ4v) is 4.56. The van der Waals surface area contributed by atoms with Gasteiger partial charge in [0.15, 0.2) is 16.2 Å². The van der Waals surface area contributed by atoms with Gasteiger partial charge in [-0.2, -0.15) is 10.2 Å². The lowest BCUT2D eigenvalue weighted by Crippen LogP contribution is -2.47. The average Bonchev–Trinajstić information content (AvgIpc) is 3.34. The summed E-state index contributed by atoms with van der Waals surface area (Å²) in [5, 5.41) is 10.9. The van der Waals surface area contributed by atoms with Gasteiger partial charge in [0.2, 0.25) is 0 Å². The Bertz CT molecular complexity index is 1300. The highest BCUT2D eigenvalue weighted by molar-refractivity contribution is 7.71. The van der Waals surface area contributed by atoms with Crippen molar-refractivity contribution in [1.82, 2.24) is 39.0 Å². The molecule has 166 valence electrons. The normalized spacial score (nSPS) is 15.0. The number of benzene rings is 1. The summed E-state index contributed by atoms with van der Waals surface area (Å²) in [6.45, 7) is 7.03. The van der Waals surface area contributed by atoms with E-state index in [1.165, 1.54) is 0 Å². The van der Waals surface area contributed by atoms with Crippen LogP contribution in [0, 0.1) is 4.77 Å². The molecule has 0 N–H and O–H groups in total. The highest BCUT2D eigenvalue weighted by atomic mass is 35.5. The number of hydrogen-bond acceptors (Lipinski definition) is 7. The van der Waals surface area contributed by atoms with Gasteiger partial charge in [0.1, 0.15) is 12.1 Å². The van der Waals surface area contributed by atoms with Gasteiger partial charge >= 0.3 is 0 Å². The van der Waals surface area contributed by atoms with Crippen LogP contribution in [0.15, 0.2) is 36.8 Å². The number of fused-ring (bicyclic) bond motifs is 1. The molecule has 11 heteroatoms. The van der Waals surface area contributed by atoms with E-state index in [9.17, 15) is 0 Å². The maximum Gasteiger partial charge on any atom is 0.199 e. The third-order valence-electron chi connectivity index (χ3n) is 5.86. The maximum atomic E-state index is 6.05. The zero-order valence-electron chi connectivity index (χ0n) is 18.0. The molecule has 4 heterocycles. The number of hydrogen-bond donors (Lipinski definition) is 0. The Balaban J connectivity index is 1.32. The molecule has 0 amide bonds. The van der Waals surface area contributed by atoms with E-state index >= 15 is 0 Å². The summed E-state index contributed by atoms with van der Waals surface area (Å²) < 4.78 is 6.49. The summed E-state index contributed by atoms with van der Waals surface area (Å²) in [6.07, 6.45) is 3.45. The van der Waals surface area contributed by atoms with Crippen LogP contribution >= 0.6 is 23.8 Å². The second-order valence-corrected chi connectivity index (χ2v) is 8.61. The summed E-state index contributed by atoms with van der Waals surface area (Å²) in [5.41, 5.74) is 1.86. The van der Waals surface area contributed by atoms with Crippen molar-refractivity contribution in [2.24, 2.45) is 7.05 Å². The molecule has 5 rings (SSSR count). The third kappa shape index (κ3) is 3.78. The molecular formula is C21H24ClN9S. The molecule has 1 aliphatic heterocycles. The lowest BCUT2D eigenvalue weighted by molar-refractivity contribution is 0.194. The van der Waals surface area contributed by atoms with Crippen LogP contribution < -0.4 is 4.90 Å². The number of aromatic nitrogens is 7. The molecule has 0 radical (unpaired) electrons. The molecule has 3 aromatic heterocycles. The monoisotopic (exact) mass is 469 g/mol. The molecule has 1 aliphatic rings. The van der Waals surface area contributed by atoms with E-state index in [2.05, 4.69) is 36.4 Å². The number of aryl methyl sites for hydroxylation is 1. The zero-order valence-corrected chi connectivity index (χ0v) is 19.6. The Hall–Kier alpha value is -2.82. The Morgan fingerprint density at radius 2 is 1.81 bits per heavy atom. The first-order chi connectivity index (χ1) is 15.5. The number of halogens is 1. The summed E-state index contributed by atoms with van der Waals surface area (Å²) in [4.78, 5) is 13.5. The molecule has 1 aromatic carbocycles. The van der Waals surface area contributed by atoms with E-state index in [0.29, 0.717) is 11.7 Å². The predicted octanol–water partition coefficient (Wildman–Crippen LogP) is 3.21. The van der Waals surface area contributed by atoms with Crippen molar-refractivity contribution < 1.29 is 0 Å². The van der Waals surface area contributed by atoms with Crippen molar-refractivity contribution in [3.63, 3.8) is 0 Å². The van der Waals surface area contributed by atoms with E-state index < -0.39 is 0 Å². The molecule has 0 bridgehead atoms. The SMILES string of the molecule is CCn1c(-c2ccc(Cl)cc2)nn(CN2CCN(c3ncnc4c3cnn4C)CC2)c1=S. The fourth-order valence-electron chi connectivity index (χ4n) is 4.12.